The number of rotatable bonds is 5. The molecule has 0 saturated carbocycles. The van der Waals surface area contributed by atoms with Crippen molar-refractivity contribution in [3.05, 3.63) is 21.3 Å². The zero-order chi connectivity index (χ0) is 14.7. The third kappa shape index (κ3) is 4.18. The van der Waals surface area contributed by atoms with Crippen LogP contribution in [0.4, 0.5) is 0 Å². The van der Waals surface area contributed by atoms with Crippen LogP contribution in [-0.2, 0) is 0 Å². The molecule has 1 saturated heterocycles. The Morgan fingerprint density at radius 2 is 2.10 bits per heavy atom. The van der Waals surface area contributed by atoms with Crippen molar-refractivity contribution in [1.82, 2.24) is 9.80 Å². The van der Waals surface area contributed by atoms with Crippen molar-refractivity contribution in [2.45, 2.75) is 31.8 Å². The molecule has 0 spiro atoms. The Morgan fingerprint density at radius 1 is 1.45 bits per heavy atom. The van der Waals surface area contributed by atoms with E-state index in [4.69, 9.17) is 17.3 Å². The summed E-state index contributed by atoms with van der Waals surface area (Å²) in [5, 5.41) is 0. The Bertz CT molecular complexity index is 413. The summed E-state index contributed by atoms with van der Waals surface area (Å²) in [6.45, 7) is 5.64. The fourth-order valence-corrected chi connectivity index (χ4v) is 4.47. The smallest absolute Gasteiger partial charge is 0.0931 e. The summed E-state index contributed by atoms with van der Waals surface area (Å²) >= 11 is 7.73. The largest absolute Gasteiger partial charge is 0.326 e. The van der Waals surface area contributed by atoms with Crippen LogP contribution in [-0.4, -0.2) is 49.6 Å². The summed E-state index contributed by atoms with van der Waals surface area (Å²) in [4.78, 5) is 6.11. The highest BCUT2D eigenvalue weighted by atomic mass is 35.5. The molecule has 1 aliphatic heterocycles. The van der Waals surface area contributed by atoms with Crippen molar-refractivity contribution in [2.24, 2.45) is 11.7 Å². The van der Waals surface area contributed by atoms with Crippen molar-refractivity contribution < 1.29 is 0 Å². The number of halogens is 1. The number of hydrogen-bond acceptors (Lipinski definition) is 4. The van der Waals surface area contributed by atoms with Gasteiger partial charge < -0.3 is 10.6 Å². The Kier molecular flexibility index (Phi) is 5.87. The van der Waals surface area contributed by atoms with Gasteiger partial charge in [0.15, 0.2) is 0 Å². The van der Waals surface area contributed by atoms with Gasteiger partial charge in [0, 0.05) is 17.5 Å². The molecule has 1 aromatic rings. The highest BCUT2D eigenvalue weighted by Gasteiger charge is 2.26. The minimum Gasteiger partial charge on any atom is -0.326 e. The molecule has 0 aromatic carbocycles. The molecule has 2 heterocycles. The van der Waals surface area contributed by atoms with Crippen molar-refractivity contribution in [1.29, 1.82) is 0 Å². The van der Waals surface area contributed by atoms with Gasteiger partial charge in [0.25, 0.3) is 0 Å². The molecule has 2 unspecified atom stereocenters. The first-order valence-electron chi connectivity index (χ1n) is 7.37. The van der Waals surface area contributed by atoms with Gasteiger partial charge in [0.05, 0.1) is 10.4 Å². The molecule has 0 radical (unpaired) electrons. The number of piperidine rings is 1. The number of nitrogens with two attached hydrogens (primary N) is 1. The third-order valence-electron chi connectivity index (χ3n) is 4.24. The van der Waals surface area contributed by atoms with Crippen LogP contribution >= 0.6 is 22.9 Å². The lowest BCUT2D eigenvalue weighted by Crippen LogP contribution is -2.41. The minimum absolute atomic E-state index is 0.112. The Morgan fingerprint density at radius 3 is 2.60 bits per heavy atom. The first kappa shape index (κ1) is 16.2. The first-order chi connectivity index (χ1) is 9.47. The van der Waals surface area contributed by atoms with Gasteiger partial charge in [-0.3, -0.25) is 4.90 Å². The minimum atomic E-state index is 0.112. The van der Waals surface area contributed by atoms with E-state index in [9.17, 15) is 0 Å². The van der Waals surface area contributed by atoms with E-state index in [2.05, 4.69) is 36.9 Å². The molecule has 2 N–H and O–H groups in total. The maximum atomic E-state index is 6.22. The number of thiophene rings is 1. The molecule has 2 atom stereocenters. The van der Waals surface area contributed by atoms with E-state index >= 15 is 0 Å². The van der Waals surface area contributed by atoms with E-state index in [1.165, 1.54) is 30.8 Å². The summed E-state index contributed by atoms with van der Waals surface area (Å²) in [7, 11) is 4.40. The molecule has 20 heavy (non-hydrogen) atoms. The van der Waals surface area contributed by atoms with Crippen molar-refractivity contribution in [3.63, 3.8) is 0 Å². The molecule has 1 fully saturated rings. The van der Waals surface area contributed by atoms with Crippen LogP contribution in [0.3, 0.4) is 0 Å². The van der Waals surface area contributed by atoms with Gasteiger partial charge in [-0.1, -0.05) is 11.6 Å². The molecular weight excluding hydrogens is 290 g/mol. The highest BCUT2D eigenvalue weighted by Crippen LogP contribution is 2.32. The fourth-order valence-electron chi connectivity index (χ4n) is 3.13. The van der Waals surface area contributed by atoms with E-state index in [-0.39, 0.29) is 12.1 Å². The lowest BCUT2D eigenvalue weighted by atomic mass is 9.95. The molecule has 0 aliphatic carbocycles. The van der Waals surface area contributed by atoms with E-state index < -0.39 is 0 Å². The number of likely N-dealkylation sites (N-methyl/N-ethyl adjacent to an activating group) is 1. The van der Waals surface area contributed by atoms with E-state index in [0.717, 1.165) is 16.8 Å². The van der Waals surface area contributed by atoms with Crippen molar-refractivity contribution in [3.8, 4) is 0 Å². The zero-order valence-electron chi connectivity index (χ0n) is 12.7. The summed E-state index contributed by atoms with van der Waals surface area (Å²) < 4.78 is 0.846. The molecule has 3 nitrogen and oxygen atoms in total. The van der Waals surface area contributed by atoms with Gasteiger partial charge >= 0.3 is 0 Å². The second kappa shape index (κ2) is 7.23. The van der Waals surface area contributed by atoms with E-state index in [0.29, 0.717) is 0 Å². The van der Waals surface area contributed by atoms with Crippen molar-refractivity contribution >= 4 is 22.9 Å². The molecule has 5 heteroatoms. The first-order valence-corrected chi connectivity index (χ1v) is 8.56. The zero-order valence-corrected chi connectivity index (χ0v) is 14.3. The average Bonchev–Trinajstić information content (AvgIpc) is 2.78. The standard InChI is InChI=1S/C15H26ClN3S/c1-11(17)15(13-4-5-14(16)20-13)19(3)10-12-6-8-18(2)9-7-12/h4-5,11-12,15H,6-10,17H2,1-3H3. The van der Waals surface area contributed by atoms with E-state index in [1.807, 2.05) is 6.07 Å². The van der Waals surface area contributed by atoms with Gasteiger partial charge in [-0.25, -0.2) is 0 Å². The van der Waals surface area contributed by atoms with Crippen LogP contribution in [0.15, 0.2) is 12.1 Å². The molecule has 1 aliphatic rings. The predicted octanol–water partition coefficient (Wildman–Crippen LogP) is 3.06. The number of likely N-dealkylation sites (tertiary alicyclic amines) is 1. The van der Waals surface area contributed by atoms with Crippen molar-refractivity contribution in [2.75, 3.05) is 33.7 Å². The highest BCUT2D eigenvalue weighted by molar-refractivity contribution is 7.16. The van der Waals surface area contributed by atoms with Gasteiger partial charge in [-0.2, -0.15) is 0 Å². The van der Waals surface area contributed by atoms with Gasteiger partial charge in [-0.15, -0.1) is 11.3 Å². The molecule has 0 amide bonds. The molecule has 0 bridgehead atoms. The average molecular weight is 316 g/mol. The van der Waals surface area contributed by atoms with E-state index in [1.54, 1.807) is 11.3 Å². The maximum Gasteiger partial charge on any atom is 0.0931 e. The van der Waals surface area contributed by atoms with Crippen LogP contribution in [0.1, 0.15) is 30.7 Å². The molecule has 114 valence electrons. The van der Waals surface area contributed by atoms with Crippen LogP contribution in [0.25, 0.3) is 0 Å². The Labute approximate surface area is 131 Å². The fraction of sp³-hybridized carbons (Fsp3) is 0.733. The lowest BCUT2D eigenvalue weighted by Gasteiger charge is -2.36. The van der Waals surface area contributed by atoms with Gasteiger partial charge in [0.2, 0.25) is 0 Å². The molecule has 2 rings (SSSR count). The monoisotopic (exact) mass is 315 g/mol. The van der Waals surface area contributed by atoms with Gasteiger partial charge in [-0.05, 0) is 65.0 Å². The van der Waals surface area contributed by atoms with Gasteiger partial charge in [0.1, 0.15) is 0 Å². The van der Waals surface area contributed by atoms with Crippen LogP contribution in [0.2, 0.25) is 4.34 Å². The Balaban J connectivity index is 1.98. The third-order valence-corrected chi connectivity index (χ3v) is 5.54. The second-order valence-electron chi connectivity index (χ2n) is 6.13. The predicted molar refractivity (Wildman–Crippen MR) is 88.6 cm³/mol. The summed E-state index contributed by atoms with van der Waals surface area (Å²) in [5.74, 6) is 0.785. The molecular formula is C15H26ClN3S. The normalized spacial score (nSPS) is 21.3. The maximum absolute atomic E-state index is 6.22. The summed E-state index contributed by atoms with van der Waals surface area (Å²) in [6.07, 6.45) is 2.58. The quantitative estimate of drug-likeness (QED) is 0.906. The number of hydrogen-bond donors (Lipinski definition) is 1. The number of nitrogens with zero attached hydrogens (tertiary/aromatic N) is 2. The van der Waals surface area contributed by atoms with Crippen LogP contribution < -0.4 is 5.73 Å². The van der Waals surface area contributed by atoms with Crippen LogP contribution in [0.5, 0.6) is 0 Å². The Hall–Kier alpha value is -0.130. The second-order valence-corrected chi connectivity index (χ2v) is 7.88. The SMILES string of the molecule is CC(N)C(c1ccc(Cl)s1)N(C)CC1CCN(C)CC1. The topological polar surface area (TPSA) is 32.5 Å². The lowest BCUT2D eigenvalue weighted by molar-refractivity contribution is 0.141. The summed E-state index contributed by atoms with van der Waals surface area (Å²) in [5.41, 5.74) is 6.22. The summed E-state index contributed by atoms with van der Waals surface area (Å²) in [6, 6.07) is 4.47. The van der Waals surface area contributed by atoms with Crippen LogP contribution in [0, 0.1) is 5.92 Å². The molecule has 1 aromatic heterocycles.